The topological polar surface area (TPSA) is 34.1 Å². The molecule has 20 heavy (non-hydrogen) atoms. The van der Waals surface area contributed by atoms with Gasteiger partial charge in [-0.1, -0.05) is 19.1 Å². The van der Waals surface area contributed by atoms with Crippen LogP contribution in [0.2, 0.25) is 0 Å². The summed E-state index contributed by atoms with van der Waals surface area (Å²) in [7, 11) is 1.71. The number of aromatic nitrogens is 1. The molecule has 0 saturated carbocycles. The number of anilines is 1. The molecule has 1 aromatic heterocycles. The predicted octanol–water partition coefficient (Wildman–Crippen LogP) is 4.20. The van der Waals surface area contributed by atoms with Gasteiger partial charge in [0.15, 0.2) is 0 Å². The molecule has 1 N–H and O–H groups in total. The predicted molar refractivity (Wildman–Crippen MR) is 84.5 cm³/mol. The average molecular weight is 270 g/mol. The van der Waals surface area contributed by atoms with E-state index in [1.807, 2.05) is 18.2 Å². The second kappa shape index (κ2) is 6.42. The van der Waals surface area contributed by atoms with E-state index in [0.717, 1.165) is 35.8 Å². The van der Waals surface area contributed by atoms with Crippen molar-refractivity contribution in [2.24, 2.45) is 0 Å². The third kappa shape index (κ3) is 3.10. The van der Waals surface area contributed by atoms with Gasteiger partial charge >= 0.3 is 0 Å². The van der Waals surface area contributed by atoms with Gasteiger partial charge in [0.1, 0.15) is 11.6 Å². The summed E-state index contributed by atoms with van der Waals surface area (Å²) < 4.78 is 5.52. The molecule has 0 aliphatic rings. The van der Waals surface area contributed by atoms with Crippen LogP contribution in [0.4, 0.5) is 5.82 Å². The minimum Gasteiger partial charge on any atom is -0.496 e. The molecule has 0 atom stereocenters. The first kappa shape index (κ1) is 14.4. The molecule has 0 spiro atoms. The number of benzene rings is 1. The highest BCUT2D eigenvalue weighted by Gasteiger charge is 2.11. The molecule has 0 radical (unpaired) electrons. The largest absolute Gasteiger partial charge is 0.496 e. The van der Waals surface area contributed by atoms with Gasteiger partial charge in [-0.15, -0.1) is 0 Å². The van der Waals surface area contributed by atoms with Gasteiger partial charge in [-0.25, -0.2) is 4.98 Å². The van der Waals surface area contributed by atoms with Gasteiger partial charge in [0.25, 0.3) is 0 Å². The first-order valence-corrected chi connectivity index (χ1v) is 7.02. The Bertz CT molecular complexity index is 594. The van der Waals surface area contributed by atoms with Crippen LogP contribution in [-0.4, -0.2) is 18.6 Å². The van der Waals surface area contributed by atoms with Crippen LogP contribution < -0.4 is 10.1 Å². The first-order chi connectivity index (χ1) is 9.65. The van der Waals surface area contributed by atoms with E-state index in [0.29, 0.717) is 0 Å². The van der Waals surface area contributed by atoms with Crippen molar-refractivity contribution in [1.82, 2.24) is 4.98 Å². The fourth-order valence-electron chi connectivity index (χ4n) is 2.34. The van der Waals surface area contributed by atoms with Crippen LogP contribution in [0.25, 0.3) is 11.3 Å². The minimum absolute atomic E-state index is 0.877. The zero-order chi connectivity index (χ0) is 14.5. The lowest BCUT2D eigenvalue weighted by Gasteiger charge is -2.13. The summed E-state index contributed by atoms with van der Waals surface area (Å²) >= 11 is 0. The van der Waals surface area contributed by atoms with Crippen LogP contribution in [0.3, 0.4) is 0 Å². The Kier molecular flexibility index (Phi) is 4.61. The molecule has 0 aliphatic heterocycles. The van der Waals surface area contributed by atoms with E-state index >= 15 is 0 Å². The Morgan fingerprint density at radius 2 is 2.00 bits per heavy atom. The Hall–Kier alpha value is -2.03. The molecule has 1 heterocycles. The SMILES string of the molecule is CCCNc1cccc(-c2c(C)cc(C)cc2OC)n1. The Morgan fingerprint density at radius 1 is 1.20 bits per heavy atom. The lowest BCUT2D eigenvalue weighted by molar-refractivity contribution is 0.415. The van der Waals surface area contributed by atoms with E-state index in [-0.39, 0.29) is 0 Å². The van der Waals surface area contributed by atoms with Gasteiger partial charge in [-0.05, 0) is 49.6 Å². The molecule has 2 aromatic rings. The van der Waals surface area contributed by atoms with E-state index in [1.54, 1.807) is 7.11 Å². The van der Waals surface area contributed by atoms with Crippen LogP contribution in [0.5, 0.6) is 5.75 Å². The van der Waals surface area contributed by atoms with E-state index in [2.05, 4.69) is 43.2 Å². The Labute approximate surface area is 121 Å². The smallest absolute Gasteiger partial charge is 0.128 e. The van der Waals surface area contributed by atoms with Crippen molar-refractivity contribution in [2.45, 2.75) is 27.2 Å². The van der Waals surface area contributed by atoms with Crippen molar-refractivity contribution in [3.63, 3.8) is 0 Å². The number of nitrogens with zero attached hydrogens (tertiary/aromatic N) is 1. The van der Waals surface area contributed by atoms with Crippen molar-refractivity contribution in [1.29, 1.82) is 0 Å². The lowest BCUT2D eigenvalue weighted by atomic mass is 10.0. The summed E-state index contributed by atoms with van der Waals surface area (Å²) in [6.45, 7) is 7.25. The normalized spacial score (nSPS) is 10.4. The number of pyridine rings is 1. The lowest BCUT2D eigenvalue weighted by Crippen LogP contribution is -2.02. The van der Waals surface area contributed by atoms with Crippen molar-refractivity contribution < 1.29 is 4.74 Å². The number of ether oxygens (including phenoxy) is 1. The zero-order valence-corrected chi connectivity index (χ0v) is 12.7. The van der Waals surface area contributed by atoms with Gasteiger partial charge in [-0.3, -0.25) is 0 Å². The maximum absolute atomic E-state index is 5.52. The van der Waals surface area contributed by atoms with Crippen molar-refractivity contribution in [2.75, 3.05) is 19.0 Å². The van der Waals surface area contributed by atoms with Crippen LogP contribution in [-0.2, 0) is 0 Å². The van der Waals surface area contributed by atoms with Crippen LogP contribution >= 0.6 is 0 Å². The van der Waals surface area contributed by atoms with Crippen LogP contribution in [0.15, 0.2) is 30.3 Å². The van der Waals surface area contributed by atoms with Gasteiger partial charge in [-0.2, -0.15) is 0 Å². The van der Waals surface area contributed by atoms with E-state index in [1.165, 1.54) is 11.1 Å². The molecule has 0 unspecified atom stereocenters. The highest BCUT2D eigenvalue weighted by Crippen LogP contribution is 2.33. The summed E-state index contributed by atoms with van der Waals surface area (Å²) in [5, 5.41) is 3.32. The molecular weight excluding hydrogens is 248 g/mol. The molecular formula is C17H22N2O. The van der Waals surface area contributed by atoms with Crippen LogP contribution in [0.1, 0.15) is 24.5 Å². The summed E-state index contributed by atoms with van der Waals surface area (Å²) in [6.07, 6.45) is 1.08. The number of methoxy groups -OCH3 is 1. The number of hydrogen-bond acceptors (Lipinski definition) is 3. The Morgan fingerprint density at radius 3 is 2.70 bits per heavy atom. The fourth-order valence-corrected chi connectivity index (χ4v) is 2.34. The quantitative estimate of drug-likeness (QED) is 0.884. The second-order valence-electron chi connectivity index (χ2n) is 4.99. The summed E-state index contributed by atoms with van der Waals surface area (Å²) in [5.41, 5.74) is 4.39. The average Bonchev–Trinajstić information content (AvgIpc) is 2.44. The molecule has 0 fully saturated rings. The van der Waals surface area contributed by atoms with Crippen molar-refractivity contribution >= 4 is 5.82 Å². The number of nitrogens with one attached hydrogen (secondary N) is 1. The summed E-state index contributed by atoms with van der Waals surface area (Å²) in [5.74, 6) is 1.79. The molecule has 3 heteroatoms. The highest BCUT2D eigenvalue weighted by atomic mass is 16.5. The zero-order valence-electron chi connectivity index (χ0n) is 12.7. The highest BCUT2D eigenvalue weighted by molar-refractivity contribution is 5.72. The standard InChI is InChI=1S/C17H22N2O/c1-5-9-18-16-8-6-7-14(19-16)17-13(3)10-12(2)11-15(17)20-4/h6-8,10-11H,5,9H2,1-4H3,(H,18,19). The van der Waals surface area contributed by atoms with E-state index in [9.17, 15) is 0 Å². The van der Waals surface area contributed by atoms with Crippen molar-refractivity contribution in [3.8, 4) is 17.0 Å². The summed E-state index contributed by atoms with van der Waals surface area (Å²) in [6, 6.07) is 10.3. The van der Waals surface area contributed by atoms with Gasteiger partial charge in [0.05, 0.1) is 12.8 Å². The molecule has 0 aliphatic carbocycles. The molecule has 106 valence electrons. The monoisotopic (exact) mass is 270 g/mol. The third-order valence-electron chi connectivity index (χ3n) is 3.22. The minimum atomic E-state index is 0.877. The molecule has 0 amide bonds. The third-order valence-corrected chi connectivity index (χ3v) is 3.22. The van der Waals surface area contributed by atoms with Crippen molar-refractivity contribution in [3.05, 3.63) is 41.5 Å². The number of rotatable bonds is 5. The summed E-state index contributed by atoms with van der Waals surface area (Å²) in [4.78, 5) is 4.69. The Balaban J connectivity index is 2.45. The van der Waals surface area contributed by atoms with E-state index < -0.39 is 0 Å². The molecule has 1 aromatic carbocycles. The molecule has 3 nitrogen and oxygen atoms in total. The van der Waals surface area contributed by atoms with E-state index in [4.69, 9.17) is 4.74 Å². The first-order valence-electron chi connectivity index (χ1n) is 7.02. The molecule has 0 saturated heterocycles. The van der Waals surface area contributed by atoms with Gasteiger partial charge in [0.2, 0.25) is 0 Å². The second-order valence-corrected chi connectivity index (χ2v) is 4.99. The number of hydrogen-bond donors (Lipinski definition) is 1. The van der Waals surface area contributed by atoms with Gasteiger partial charge in [0, 0.05) is 12.1 Å². The molecule has 0 bridgehead atoms. The van der Waals surface area contributed by atoms with Gasteiger partial charge < -0.3 is 10.1 Å². The number of aryl methyl sites for hydroxylation is 2. The fraction of sp³-hybridized carbons (Fsp3) is 0.353. The molecule has 2 rings (SSSR count). The van der Waals surface area contributed by atoms with Crippen LogP contribution in [0, 0.1) is 13.8 Å². The maximum Gasteiger partial charge on any atom is 0.128 e. The maximum atomic E-state index is 5.52.